The number of carbonyl (C=O) groups is 2. The van der Waals surface area contributed by atoms with Gasteiger partial charge in [-0.1, -0.05) is 25.1 Å². The highest BCUT2D eigenvalue weighted by Crippen LogP contribution is 2.18. The van der Waals surface area contributed by atoms with E-state index in [4.69, 9.17) is 0 Å². The Balaban J connectivity index is 1.56. The van der Waals surface area contributed by atoms with Crippen LogP contribution in [0.5, 0.6) is 0 Å². The fourth-order valence-corrected chi connectivity index (χ4v) is 3.41. The van der Waals surface area contributed by atoms with Crippen LogP contribution in [-0.2, 0) is 16.0 Å². The van der Waals surface area contributed by atoms with Crippen molar-refractivity contribution < 1.29 is 14.7 Å². The Morgan fingerprint density at radius 2 is 2.16 bits per heavy atom. The molecule has 1 aromatic carbocycles. The van der Waals surface area contributed by atoms with E-state index in [1.807, 2.05) is 37.4 Å². The van der Waals surface area contributed by atoms with E-state index in [9.17, 15) is 14.7 Å². The lowest BCUT2D eigenvalue weighted by Crippen LogP contribution is -2.55. The fourth-order valence-electron chi connectivity index (χ4n) is 3.41. The summed E-state index contributed by atoms with van der Waals surface area (Å²) in [5, 5.41) is 14.3. The first-order valence-electron chi connectivity index (χ1n) is 8.88. The van der Waals surface area contributed by atoms with Gasteiger partial charge in [0.05, 0.1) is 18.6 Å². The Morgan fingerprint density at radius 3 is 2.92 bits per heavy atom. The molecule has 0 bridgehead atoms. The number of aliphatic hydroxyl groups excluding tert-OH is 1. The number of likely N-dealkylation sites (tertiary alicyclic amines) is 1. The molecule has 6 nitrogen and oxygen atoms in total. The molecule has 2 atom stereocenters. The molecule has 0 radical (unpaired) electrons. The van der Waals surface area contributed by atoms with Crippen molar-refractivity contribution in [2.75, 3.05) is 13.1 Å². The van der Waals surface area contributed by atoms with Crippen LogP contribution in [0.15, 0.2) is 30.5 Å². The van der Waals surface area contributed by atoms with E-state index in [1.165, 1.54) is 0 Å². The number of aliphatic hydroxyl groups is 1. The summed E-state index contributed by atoms with van der Waals surface area (Å²) in [7, 11) is 0. The molecular weight excluding hydrogens is 318 g/mol. The number of rotatable bonds is 5. The van der Waals surface area contributed by atoms with Crippen LogP contribution in [0.2, 0.25) is 0 Å². The van der Waals surface area contributed by atoms with Crippen LogP contribution < -0.4 is 5.32 Å². The molecule has 134 valence electrons. The van der Waals surface area contributed by atoms with Crippen molar-refractivity contribution in [3.63, 3.8) is 0 Å². The third-order valence-electron chi connectivity index (χ3n) is 4.77. The molecule has 3 N–H and O–H groups in total. The quantitative estimate of drug-likeness (QED) is 0.771. The van der Waals surface area contributed by atoms with Gasteiger partial charge in [0.15, 0.2) is 0 Å². The van der Waals surface area contributed by atoms with E-state index in [0.29, 0.717) is 19.4 Å². The molecule has 2 amide bonds. The second-order valence-electron chi connectivity index (χ2n) is 6.66. The Morgan fingerprint density at radius 1 is 1.36 bits per heavy atom. The van der Waals surface area contributed by atoms with Crippen LogP contribution in [0.25, 0.3) is 10.9 Å². The monoisotopic (exact) mass is 343 g/mol. The zero-order valence-corrected chi connectivity index (χ0v) is 14.5. The Bertz CT molecular complexity index is 755. The molecule has 6 heteroatoms. The zero-order chi connectivity index (χ0) is 17.8. The van der Waals surface area contributed by atoms with Crippen LogP contribution >= 0.6 is 0 Å². The molecule has 1 aliphatic heterocycles. The summed E-state index contributed by atoms with van der Waals surface area (Å²) >= 11 is 0. The SMILES string of the molecule is CCCC(=O)N1CC[C@H](NC(=O)Cc2c[nH]c3ccccc23)[C@@H](O)C1. The first-order valence-corrected chi connectivity index (χ1v) is 8.88. The number of aromatic nitrogens is 1. The molecule has 0 aliphatic carbocycles. The van der Waals surface area contributed by atoms with Crippen molar-refractivity contribution in [2.45, 2.75) is 44.8 Å². The van der Waals surface area contributed by atoms with Gasteiger partial charge in [-0.3, -0.25) is 9.59 Å². The zero-order valence-electron chi connectivity index (χ0n) is 14.5. The van der Waals surface area contributed by atoms with E-state index >= 15 is 0 Å². The van der Waals surface area contributed by atoms with E-state index in [1.54, 1.807) is 4.90 Å². The average molecular weight is 343 g/mol. The van der Waals surface area contributed by atoms with Gasteiger partial charge in [0, 0.05) is 36.6 Å². The molecular formula is C19H25N3O3. The van der Waals surface area contributed by atoms with Crippen LogP contribution in [0.3, 0.4) is 0 Å². The number of aromatic amines is 1. The lowest BCUT2D eigenvalue weighted by Gasteiger charge is -2.36. The normalized spacial score (nSPS) is 20.6. The number of nitrogens with zero attached hydrogens (tertiary/aromatic N) is 1. The largest absolute Gasteiger partial charge is 0.389 e. The number of β-amino-alcohol motifs (C(OH)–C–C–N with tert-alkyl or cyclic N) is 1. The third-order valence-corrected chi connectivity index (χ3v) is 4.77. The number of para-hydroxylation sites is 1. The van der Waals surface area contributed by atoms with Crippen molar-refractivity contribution in [1.82, 2.24) is 15.2 Å². The third kappa shape index (κ3) is 4.02. The first kappa shape index (κ1) is 17.5. The maximum Gasteiger partial charge on any atom is 0.224 e. The number of amides is 2. The molecule has 0 spiro atoms. The molecule has 2 aromatic rings. The van der Waals surface area contributed by atoms with Crippen molar-refractivity contribution in [1.29, 1.82) is 0 Å². The standard InChI is InChI=1S/C19H25N3O3/c1-2-5-19(25)22-9-8-16(17(23)12-22)21-18(24)10-13-11-20-15-7-4-3-6-14(13)15/h3-4,6-7,11,16-17,20,23H,2,5,8-10,12H2,1H3,(H,21,24)/t16-,17-/m0/s1. The first-order chi connectivity index (χ1) is 12.1. The minimum absolute atomic E-state index is 0.0742. The van der Waals surface area contributed by atoms with Crippen LogP contribution in [0, 0.1) is 0 Å². The highest BCUT2D eigenvalue weighted by molar-refractivity contribution is 5.89. The summed E-state index contributed by atoms with van der Waals surface area (Å²) in [6.45, 7) is 2.83. The smallest absolute Gasteiger partial charge is 0.224 e. The predicted octanol–water partition coefficient (Wildman–Crippen LogP) is 1.59. The molecule has 0 unspecified atom stereocenters. The second kappa shape index (κ2) is 7.70. The van der Waals surface area contributed by atoms with Gasteiger partial charge in [0.1, 0.15) is 0 Å². The summed E-state index contributed by atoms with van der Waals surface area (Å²) < 4.78 is 0. The van der Waals surface area contributed by atoms with Gasteiger partial charge in [-0.15, -0.1) is 0 Å². The number of benzene rings is 1. The van der Waals surface area contributed by atoms with Crippen LogP contribution in [0.4, 0.5) is 0 Å². The topological polar surface area (TPSA) is 85.4 Å². The van der Waals surface area contributed by atoms with Gasteiger partial charge in [-0.2, -0.15) is 0 Å². The molecule has 1 fully saturated rings. The van der Waals surface area contributed by atoms with Crippen LogP contribution in [-0.4, -0.2) is 52.0 Å². The van der Waals surface area contributed by atoms with Crippen molar-refractivity contribution >= 4 is 22.7 Å². The minimum Gasteiger partial charge on any atom is -0.389 e. The lowest BCUT2D eigenvalue weighted by atomic mass is 10.0. The van der Waals surface area contributed by atoms with E-state index in [-0.39, 0.29) is 30.8 Å². The van der Waals surface area contributed by atoms with Crippen LogP contribution in [0.1, 0.15) is 31.7 Å². The number of hydrogen-bond donors (Lipinski definition) is 3. The van der Waals surface area contributed by atoms with Crippen molar-refractivity contribution in [2.24, 2.45) is 0 Å². The lowest BCUT2D eigenvalue weighted by molar-refractivity contribution is -0.135. The molecule has 25 heavy (non-hydrogen) atoms. The van der Waals surface area contributed by atoms with Gasteiger partial charge in [0.2, 0.25) is 11.8 Å². The Labute approximate surface area is 147 Å². The Hall–Kier alpha value is -2.34. The highest BCUT2D eigenvalue weighted by Gasteiger charge is 2.30. The molecule has 1 saturated heterocycles. The van der Waals surface area contributed by atoms with Crippen molar-refractivity contribution in [3.05, 3.63) is 36.0 Å². The number of piperidine rings is 1. The van der Waals surface area contributed by atoms with E-state index < -0.39 is 6.10 Å². The molecule has 0 saturated carbocycles. The minimum atomic E-state index is -0.721. The average Bonchev–Trinajstić information content (AvgIpc) is 3.00. The summed E-state index contributed by atoms with van der Waals surface area (Å²) in [6, 6.07) is 7.56. The van der Waals surface area contributed by atoms with Gasteiger partial charge in [-0.25, -0.2) is 0 Å². The maximum atomic E-state index is 12.4. The van der Waals surface area contributed by atoms with Crippen molar-refractivity contribution in [3.8, 4) is 0 Å². The van der Waals surface area contributed by atoms with E-state index in [0.717, 1.165) is 22.9 Å². The fraction of sp³-hybridized carbons (Fsp3) is 0.474. The molecule has 2 heterocycles. The van der Waals surface area contributed by atoms with Gasteiger partial charge < -0.3 is 20.3 Å². The molecule has 3 rings (SSSR count). The highest BCUT2D eigenvalue weighted by atomic mass is 16.3. The van der Waals surface area contributed by atoms with Gasteiger partial charge >= 0.3 is 0 Å². The summed E-state index contributed by atoms with van der Waals surface area (Å²) in [5.41, 5.74) is 1.95. The Kier molecular flexibility index (Phi) is 5.38. The molecule has 1 aliphatic rings. The van der Waals surface area contributed by atoms with E-state index in [2.05, 4.69) is 10.3 Å². The maximum absolute atomic E-state index is 12.4. The second-order valence-corrected chi connectivity index (χ2v) is 6.66. The van der Waals surface area contributed by atoms with Gasteiger partial charge in [-0.05, 0) is 24.5 Å². The number of H-pyrrole nitrogens is 1. The summed E-state index contributed by atoms with van der Waals surface area (Å²) in [6.07, 6.45) is 3.29. The number of carbonyl (C=O) groups excluding carboxylic acids is 2. The predicted molar refractivity (Wildman–Crippen MR) is 96.0 cm³/mol. The number of fused-ring (bicyclic) bond motifs is 1. The summed E-state index contributed by atoms with van der Waals surface area (Å²) in [5.74, 6) is -0.0349. The van der Waals surface area contributed by atoms with Gasteiger partial charge in [0.25, 0.3) is 0 Å². The molecule has 1 aromatic heterocycles. The number of nitrogens with one attached hydrogen (secondary N) is 2. The number of hydrogen-bond acceptors (Lipinski definition) is 3. The summed E-state index contributed by atoms with van der Waals surface area (Å²) in [4.78, 5) is 29.2.